The largest absolute Gasteiger partial charge is 0.486 e. The van der Waals surface area contributed by atoms with Crippen molar-refractivity contribution >= 4 is 17.2 Å². The van der Waals surface area contributed by atoms with Crippen molar-refractivity contribution in [3.8, 4) is 22.1 Å². The molecule has 1 N–H and O–H groups in total. The van der Waals surface area contributed by atoms with Crippen LogP contribution >= 0.6 is 11.3 Å². The van der Waals surface area contributed by atoms with Crippen molar-refractivity contribution in [1.82, 2.24) is 10.3 Å². The molecule has 6 heteroatoms. The van der Waals surface area contributed by atoms with Crippen molar-refractivity contribution in [2.75, 3.05) is 13.2 Å². The first kappa shape index (κ1) is 17.5. The van der Waals surface area contributed by atoms with Crippen LogP contribution in [0.4, 0.5) is 0 Å². The predicted octanol–water partition coefficient (Wildman–Crippen LogP) is 3.62. The zero-order valence-electron chi connectivity index (χ0n) is 15.0. The Hall–Kier alpha value is -2.86. The van der Waals surface area contributed by atoms with Gasteiger partial charge in [0.2, 0.25) is 5.91 Å². The summed E-state index contributed by atoms with van der Waals surface area (Å²) >= 11 is 1.55. The third-order valence-electron chi connectivity index (χ3n) is 4.29. The number of carbonyl (C=O) groups excluding carboxylic acids is 1. The van der Waals surface area contributed by atoms with Gasteiger partial charge in [0.25, 0.3) is 0 Å². The van der Waals surface area contributed by atoms with E-state index in [1.165, 1.54) is 5.56 Å². The zero-order valence-corrected chi connectivity index (χ0v) is 15.8. The number of benzene rings is 2. The van der Waals surface area contributed by atoms with E-state index in [9.17, 15) is 4.79 Å². The first-order chi connectivity index (χ1) is 13.2. The van der Waals surface area contributed by atoms with Crippen LogP contribution in [0, 0.1) is 6.92 Å². The summed E-state index contributed by atoms with van der Waals surface area (Å²) in [5, 5.41) is 5.77. The van der Waals surface area contributed by atoms with Crippen molar-refractivity contribution in [3.05, 3.63) is 65.2 Å². The summed E-state index contributed by atoms with van der Waals surface area (Å²) in [6, 6.07) is 15.8. The van der Waals surface area contributed by atoms with Crippen molar-refractivity contribution in [2.45, 2.75) is 19.4 Å². The topological polar surface area (TPSA) is 60.5 Å². The number of amides is 1. The van der Waals surface area contributed by atoms with Gasteiger partial charge in [-0.1, -0.05) is 42.0 Å². The van der Waals surface area contributed by atoms with Crippen LogP contribution in [-0.4, -0.2) is 30.1 Å². The Labute approximate surface area is 162 Å². The Morgan fingerprint density at radius 3 is 2.78 bits per heavy atom. The van der Waals surface area contributed by atoms with Crippen molar-refractivity contribution in [1.29, 1.82) is 0 Å². The summed E-state index contributed by atoms with van der Waals surface area (Å²) < 4.78 is 11.5. The summed E-state index contributed by atoms with van der Waals surface area (Å²) in [5.41, 5.74) is 3.06. The summed E-state index contributed by atoms with van der Waals surface area (Å²) in [6.07, 6.45) is 0.0643. The first-order valence-corrected chi connectivity index (χ1v) is 9.72. The van der Waals surface area contributed by atoms with Gasteiger partial charge in [-0.2, -0.15) is 0 Å². The molecule has 1 aromatic heterocycles. The minimum atomic E-state index is -0.192. The Bertz CT molecular complexity index is 937. The SMILES string of the molecule is Cc1ccc(-c2nc(CC(=O)NC[C@@H]3COc4ccccc4O3)cs2)cc1. The number of rotatable bonds is 5. The van der Waals surface area contributed by atoms with Gasteiger partial charge in [-0.3, -0.25) is 4.79 Å². The number of hydrogen-bond donors (Lipinski definition) is 1. The molecule has 1 aliphatic heterocycles. The van der Waals surface area contributed by atoms with E-state index in [0.29, 0.717) is 18.9 Å². The molecule has 27 heavy (non-hydrogen) atoms. The number of thiazole rings is 1. The van der Waals surface area contributed by atoms with Gasteiger partial charge in [-0.15, -0.1) is 11.3 Å². The molecule has 2 aromatic carbocycles. The molecule has 4 rings (SSSR count). The number of hydrogen-bond acceptors (Lipinski definition) is 5. The molecule has 0 fully saturated rings. The molecule has 1 atom stereocenters. The number of para-hydroxylation sites is 2. The standard InChI is InChI=1S/C21H20N2O3S/c1-14-6-8-15(9-7-14)21-23-16(13-27-21)10-20(24)22-11-17-12-25-18-4-2-3-5-19(18)26-17/h2-9,13,17H,10-12H2,1H3,(H,22,24)/t17-/m1/s1. The van der Waals surface area contributed by atoms with Gasteiger partial charge in [-0.25, -0.2) is 4.98 Å². The van der Waals surface area contributed by atoms with E-state index < -0.39 is 0 Å². The molecule has 138 valence electrons. The highest BCUT2D eigenvalue weighted by atomic mass is 32.1. The maximum atomic E-state index is 12.2. The molecule has 2 heterocycles. The van der Waals surface area contributed by atoms with E-state index in [4.69, 9.17) is 9.47 Å². The lowest BCUT2D eigenvalue weighted by molar-refractivity contribution is -0.121. The number of nitrogens with one attached hydrogen (secondary N) is 1. The fourth-order valence-corrected chi connectivity index (χ4v) is 3.66. The average molecular weight is 380 g/mol. The lowest BCUT2D eigenvalue weighted by Crippen LogP contribution is -2.41. The van der Waals surface area contributed by atoms with Crippen LogP contribution in [0.5, 0.6) is 11.5 Å². The second kappa shape index (κ2) is 7.80. The van der Waals surface area contributed by atoms with Crippen LogP contribution in [0.2, 0.25) is 0 Å². The summed E-state index contributed by atoms with van der Waals surface area (Å²) in [7, 11) is 0. The fourth-order valence-electron chi connectivity index (χ4n) is 2.84. The minimum Gasteiger partial charge on any atom is -0.486 e. The van der Waals surface area contributed by atoms with Crippen molar-refractivity contribution < 1.29 is 14.3 Å². The molecule has 1 aliphatic rings. The van der Waals surface area contributed by atoms with E-state index in [1.54, 1.807) is 11.3 Å². The fraction of sp³-hybridized carbons (Fsp3) is 0.238. The lowest BCUT2D eigenvalue weighted by Gasteiger charge is -2.26. The maximum Gasteiger partial charge on any atom is 0.226 e. The van der Waals surface area contributed by atoms with Crippen molar-refractivity contribution in [3.63, 3.8) is 0 Å². The van der Waals surface area contributed by atoms with Gasteiger partial charge in [0.15, 0.2) is 11.5 Å². The molecule has 3 aromatic rings. The Kier molecular flexibility index (Phi) is 5.07. The van der Waals surface area contributed by atoms with Crippen LogP contribution in [0.15, 0.2) is 53.9 Å². The van der Waals surface area contributed by atoms with E-state index in [1.807, 2.05) is 29.6 Å². The summed E-state index contributed by atoms with van der Waals surface area (Å²) in [5.74, 6) is 1.38. The smallest absolute Gasteiger partial charge is 0.226 e. The first-order valence-electron chi connectivity index (χ1n) is 8.84. The summed E-state index contributed by atoms with van der Waals surface area (Å²) in [4.78, 5) is 16.8. The average Bonchev–Trinajstić information content (AvgIpc) is 3.15. The second-order valence-electron chi connectivity index (χ2n) is 6.49. The van der Waals surface area contributed by atoms with Gasteiger partial charge in [0.05, 0.1) is 18.7 Å². The molecular weight excluding hydrogens is 360 g/mol. The summed E-state index contributed by atoms with van der Waals surface area (Å²) in [6.45, 7) is 2.88. The van der Waals surface area contributed by atoms with E-state index in [0.717, 1.165) is 22.0 Å². The quantitative estimate of drug-likeness (QED) is 0.734. The number of aromatic nitrogens is 1. The Morgan fingerprint density at radius 2 is 1.96 bits per heavy atom. The van der Waals surface area contributed by atoms with Crippen molar-refractivity contribution in [2.24, 2.45) is 0 Å². The van der Waals surface area contributed by atoms with Gasteiger partial charge in [0, 0.05) is 10.9 Å². The molecule has 5 nitrogen and oxygen atoms in total. The molecule has 0 saturated carbocycles. The van der Waals surface area contributed by atoms with Gasteiger partial charge in [0.1, 0.15) is 17.7 Å². The van der Waals surface area contributed by atoms with Crippen LogP contribution in [0.1, 0.15) is 11.3 Å². The van der Waals surface area contributed by atoms with Crippen LogP contribution in [0.25, 0.3) is 10.6 Å². The Morgan fingerprint density at radius 1 is 1.19 bits per heavy atom. The van der Waals surface area contributed by atoms with Crippen LogP contribution in [-0.2, 0) is 11.2 Å². The molecule has 0 saturated heterocycles. The van der Waals surface area contributed by atoms with Crippen LogP contribution in [0.3, 0.4) is 0 Å². The van der Waals surface area contributed by atoms with E-state index >= 15 is 0 Å². The number of fused-ring (bicyclic) bond motifs is 1. The molecule has 1 amide bonds. The highest BCUT2D eigenvalue weighted by Gasteiger charge is 2.21. The van der Waals surface area contributed by atoms with Gasteiger partial charge < -0.3 is 14.8 Å². The minimum absolute atomic E-state index is 0.0711. The zero-order chi connectivity index (χ0) is 18.6. The molecule has 0 bridgehead atoms. The third-order valence-corrected chi connectivity index (χ3v) is 5.23. The van der Waals surface area contributed by atoms with Crippen LogP contribution < -0.4 is 14.8 Å². The monoisotopic (exact) mass is 380 g/mol. The normalized spacial score (nSPS) is 15.4. The number of aryl methyl sites for hydroxylation is 1. The van der Waals surface area contributed by atoms with E-state index in [-0.39, 0.29) is 18.4 Å². The molecule has 0 aliphatic carbocycles. The van der Waals surface area contributed by atoms with Gasteiger partial charge >= 0.3 is 0 Å². The maximum absolute atomic E-state index is 12.2. The Balaban J connectivity index is 1.29. The third kappa shape index (κ3) is 4.28. The molecule has 0 unspecified atom stereocenters. The predicted molar refractivity (Wildman–Crippen MR) is 105 cm³/mol. The number of nitrogens with zero attached hydrogens (tertiary/aromatic N) is 1. The van der Waals surface area contributed by atoms with E-state index in [2.05, 4.69) is 41.5 Å². The highest BCUT2D eigenvalue weighted by Crippen LogP contribution is 2.30. The molecule has 0 radical (unpaired) electrons. The number of carbonyl (C=O) groups is 1. The highest BCUT2D eigenvalue weighted by molar-refractivity contribution is 7.13. The number of ether oxygens (including phenoxy) is 2. The molecule has 0 spiro atoms. The second-order valence-corrected chi connectivity index (χ2v) is 7.35. The lowest BCUT2D eigenvalue weighted by atomic mass is 10.2. The molecular formula is C21H20N2O3S. The van der Waals surface area contributed by atoms with Gasteiger partial charge in [-0.05, 0) is 19.1 Å².